The van der Waals surface area contributed by atoms with Gasteiger partial charge in [-0.2, -0.15) is 0 Å². The summed E-state index contributed by atoms with van der Waals surface area (Å²) in [6.07, 6.45) is 0.862. The zero-order valence-corrected chi connectivity index (χ0v) is 12.0. The van der Waals surface area contributed by atoms with Gasteiger partial charge in [0.25, 0.3) is 5.56 Å². The second-order valence-corrected chi connectivity index (χ2v) is 5.99. The highest BCUT2D eigenvalue weighted by Gasteiger charge is 2.37. The molecule has 2 aliphatic rings. The molecule has 114 valence electrons. The van der Waals surface area contributed by atoms with Gasteiger partial charge in [0.05, 0.1) is 18.3 Å². The minimum absolute atomic E-state index is 0.00684. The molecule has 1 amide bonds. The standard InChI is InChI=1S/C14H20N4O3/c1-7-16-11-6-18(3-2-9(11)13(20)17-7)14(21)8-4-10(15)12(19)5-8/h8,10,12,19H,2-6,15H2,1H3,(H,16,17,20)/t8-,10+,12+/m0/s1. The maximum Gasteiger partial charge on any atom is 0.254 e. The summed E-state index contributed by atoms with van der Waals surface area (Å²) in [5.74, 6) is 0.346. The number of nitrogens with zero attached hydrogens (tertiary/aromatic N) is 2. The number of aromatic nitrogens is 2. The summed E-state index contributed by atoms with van der Waals surface area (Å²) in [6.45, 7) is 2.61. The number of fused-ring (bicyclic) bond motifs is 1. The molecule has 0 spiro atoms. The molecule has 1 aliphatic carbocycles. The summed E-state index contributed by atoms with van der Waals surface area (Å²) in [5.41, 5.74) is 7.02. The zero-order chi connectivity index (χ0) is 15.1. The van der Waals surface area contributed by atoms with Crippen molar-refractivity contribution in [2.75, 3.05) is 6.54 Å². The third kappa shape index (κ3) is 2.58. The van der Waals surface area contributed by atoms with Gasteiger partial charge in [0.2, 0.25) is 5.91 Å². The third-order valence-corrected chi connectivity index (χ3v) is 4.43. The molecule has 1 aromatic rings. The topological polar surface area (TPSA) is 112 Å². The van der Waals surface area contributed by atoms with Crippen LogP contribution in [0.15, 0.2) is 4.79 Å². The molecule has 2 heterocycles. The Morgan fingerprint density at radius 3 is 2.90 bits per heavy atom. The lowest BCUT2D eigenvalue weighted by Crippen LogP contribution is -2.42. The van der Waals surface area contributed by atoms with E-state index in [9.17, 15) is 14.7 Å². The van der Waals surface area contributed by atoms with Gasteiger partial charge in [-0.1, -0.05) is 0 Å². The largest absolute Gasteiger partial charge is 0.391 e. The fraction of sp³-hybridized carbons (Fsp3) is 0.643. The Morgan fingerprint density at radius 2 is 2.24 bits per heavy atom. The molecule has 1 aliphatic heterocycles. The summed E-state index contributed by atoms with van der Waals surface area (Å²) in [4.78, 5) is 33.1. The highest BCUT2D eigenvalue weighted by molar-refractivity contribution is 5.79. The van der Waals surface area contributed by atoms with E-state index in [2.05, 4.69) is 9.97 Å². The summed E-state index contributed by atoms with van der Waals surface area (Å²) in [7, 11) is 0. The van der Waals surface area contributed by atoms with Crippen LogP contribution in [0.5, 0.6) is 0 Å². The molecule has 3 rings (SSSR count). The van der Waals surface area contributed by atoms with Crippen molar-refractivity contribution in [3.63, 3.8) is 0 Å². The van der Waals surface area contributed by atoms with Gasteiger partial charge in [-0.15, -0.1) is 0 Å². The number of rotatable bonds is 1. The Labute approximate surface area is 122 Å². The van der Waals surface area contributed by atoms with E-state index >= 15 is 0 Å². The van der Waals surface area contributed by atoms with Crippen molar-refractivity contribution in [3.8, 4) is 0 Å². The third-order valence-electron chi connectivity index (χ3n) is 4.43. The van der Waals surface area contributed by atoms with Crippen molar-refractivity contribution < 1.29 is 9.90 Å². The predicted molar refractivity (Wildman–Crippen MR) is 75.4 cm³/mol. The lowest BCUT2D eigenvalue weighted by Gasteiger charge is -2.29. The molecule has 1 fully saturated rings. The van der Waals surface area contributed by atoms with Gasteiger partial charge < -0.3 is 20.7 Å². The summed E-state index contributed by atoms with van der Waals surface area (Å²) in [5, 5.41) is 9.69. The monoisotopic (exact) mass is 292 g/mol. The minimum Gasteiger partial charge on any atom is -0.391 e. The number of aliphatic hydroxyl groups is 1. The van der Waals surface area contributed by atoms with Gasteiger partial charge in [-0.25, -0.2) is 4.98 Å². The first-order chi connectivity index (χ1) is 9.95. The molecule has 1 aromatic heterocycles. The van der Waals surface area contributed by atoms with Crippen LogP contribution >= 0.6 is 0 Å². The first kappa shape index (κ1) is 14.2. The number of amides is 1. The summed E-state index contributed by atoms with van der Waals surface area (Å²) >= 11 is 0. The molecule has 1 saturated carbocycles. The Morgan fingerprint density at radius 1 is 1.48 bits per heavy atom. The van der Waals surface area contributed by atoms with E-state index in [0.29, 0.717) is 49.4 Å². The predicted octanol–water partition coefficient (Wildman–Crippen LogP) is -0.939. The second kappa shape index (κ2) is 5.23. The molecule has 4 N–H and O–H groups in total. The molecule has 0 bridgehead atoms. The molecule has 21 heavy (non-hydrogen) atoms. The number of nitrogens with one attached hydrogen (secondary N) is 1. The summed E-state index contributed by atoms with van der Waals surface area (Å²) in [6, 6.07) is -0.320. The minimum atomic E-state index is -0.598. The van der Waals surface area contributed by atoms with E-state index in [1.165, 1.54) is 0 Å². The van der Waals surface area contributed by atoms with Gasteiger partial charge in [-0.05, 0) is 26.2 Å². The lowest BCUT2D eigenvalue weighted by molar-refractivity contribution is -0.136. The Balaban J connectivity index is 1.77. The number of carbonyl (C=O) groups excluding carboxylic acids is 1. The quantitative estimate of drug-likeness (QED) is 0.618. The van der Waals surface area contributed by atoms with Crippen LogP contribution < -0.4 is 11.3 Å². The first-order valence-corrected chi connectivity index (χ1v) is 7.27. The van der Waals surface area contributed by atoms with E-state index in [4.69, 9.17) is 5.73 Å². The van der Waals surface area contributed by atoms with Crippen LogP contribution in [0.2, 0.25) is 0 Å². The van der Waals surface area contributed by atoms with E-state index < -0.39 is 6.10 Å². The van der Waals surface area contributed by atoms with Crippen molar-refractivity contribution in [1.29, 1.82) is 0 Å². The van der Waals surface area contributed by atoms with E-state index in [-0.39, 0.29) is 23.4 Å². The lowest BCUT2D eigenvalue weighted by atomic mass is 10.0. The second-order valence-electron chi connectivity index (χ2n) is 5.99. The highest BCUT2D eigenvalue weighted by Crippen LogP contribution is 2.28. The van der Waals surface area contributed by atoms with Gasteiger partial charge in [0, 0.05) is 24.1 Å². The Bertz CT molecular complexity index is 617. The molecule has 0 unspecified atom stereocenters. The average Bonchev–Trinajstić information content (AvgIpc) is 2.77. The van der Waals surface area contributed by atoms with E-state index in [1.54, 1.807) is 11.8 Å². The molecule has 0 radical (unpaired) electrons. The number of hydrogen-bond acceptors (Lipinski definition) is 5. The maximum absolute atomic E-state index is 12.5. The number of aliphatic hydroxyl groups excluding tert-OH is 1. The molecular weight excluding hydrogens is 272 g/mol. The maximum atomic E-state index is 12.5. The number of carbonyl (C=O) groups is 1. The SMILES string of the molecule is Cc1nc2c(c(=O)[nH]1)CCN(C(=O)[C@H]1C[C@@H](N)[C@H](O)C1)C2. The van der Waals surface area contributed by atoms with Gasteiger partial charge in [0.1, 0.15) is 5.82 Å². The van der Waals surface area contributed by atoms with Crippen LogP contribution in [-0.2, 0) is 17.8 Å². The van der Waals surface area contributed by atoms with Gasteiger partial charge in [-0.3, -0.25) is 9.59 Å². The van der Waals surface area contributed by atoms with Crippen molar-refractivity contribution in [3.05, 3.63) is 27.4 Å². The highest BCUT2D eigenvalue weighted by atomic mass is 16.3. The van der Waals surface area contributed by atoms with Crippen LogP contribution in [-0.4, -0.2) is 44.6 Å². The number of H-pyrrole nitrogens is 1. The molecule has 7 nitrogen and oxygen atoms in total. The molecule has 3 atom stereocenters. The molecular formula is C14H20N4O3. The Kier molecular flexibility index (Phi) is 3.54. The van der Waals surface area contributed by atoms with Crippen LogP contribution in [0.3, 0.4) is 0 Å². The average molecular weight is 292 g/mol. The number of aromatic amines is 1. The zero-order valence-electron chi connectivity index (χ0n) is 12.0. The van der Waals surface area contributed by atoms with Crippen LogP contribution in [0.1, 0.15) is 29.9 Å². The van der Waals surface area contributed by atoms with E-state index in [1.807, 2.05) is 0 Å². The van der Waals surface area contributed by atoms with Crippen molar-refractivity contribution in [2.45, 2.75) is 44.9 Å². The van der Waals surface area contributed by atoms with Crippen molar-refractivity contribution >= 4 is 5.91 Å². The fourth-order valence-corrected chi connectivity index (χ4v) is 3.26. The fourth-order valence-electron chi connectivity index (χ4n) is 3.26. The van der Waals surface area contributed by atoms with Crippen molar-refractivity contribution in [2.24, 2.45) is 11.7 Å². The van der Waals surface area contributed by atoms with Gasteiger partial charge in [0.15, 0.2) is 0 Å². The normalized spacial score (nSPS) is 28.5. The summed E-state index contributed by atoms with van der Waals surface area (Å²) < 4.78 is 0. The molecule has 0 aromatic carbocycles. The molecule has 0 saturated heterocycles. The molecule has 7 heteroatoms. The van der Waals surface area contributed by atoms with Crippen LogP contribution in [0.4, 0.5) is 0 Å². The number of aryl methyl sites for hydroxylation is 1. The first-order valence-electron chi connectivity index (χ1n) is 7.27. The Hall–Kier alpha value is -1.73. The van der Waals surface area contributed by atoms with Crippen LogP contribution in [0, 0.1) is 12.8 Å². The van der Waals surface area contributed by atoms with Crippen LogP contribution in [0.25, 0.3) is 0 Å². The van der Waals surface area contributed by atoms with E-state index in [0.717, 1.165) is 0 Å². The smallest absolute Gasteiger partial charge is 0.254 e. The number of hydrogen-bond donors (Lipinski definition) is 3. The number of nitrogens with two attached hydrogens (primary N) is 1. The van der Waals surface area contributed by atoms with Crippen molar-refractivity contribution in [1.82, 2.24) is 14.9 Å². The van der Waals surface area contributed by atoms with Gasteiger partial charge >= 0.3 is 0 Å².